The maximum Gasteiger partial charge on any atom is 0.519 e. The summed E-state index contributed by atoms with van der Waals surface area (Å²) in [6.45, 7) is 11.3. The van der Waals surface area contributed by atoms with Gasteiger partial charge in [-0.05, 0) is 82.5 Å². The second kappa shape index (κ2) is 15.2. The van der Waals surface area contributed by atoms with Crippen LogP contribution in [0, 0.1) is 18.7 Å². The first-order valence-electron chi connectivity index (χ1n) is 15.1. The van der Waals surface area contributed by atoms with Crippen molar-refractivity contribution in [3.05, 3.63) is 99.4 Å². The molecule has 0 aliphatic heterocycles. The van der Waals surface area contributed by atoms with Crippen LogP contribution in [-0.2, 0) is 22.7 Å². The lowest BCUT2D eigenvalue weighted by Crippen LogP contribution is -2.36. The zero-order valence-electron chi connectivity index (χ0n) is 27.4. The first-order valence-corrected chi connectivity index (χ1v) is 15.1. The first-order chi connectivity index (χ1) is 22.3. The average Bonchev–Trinajstić information content (AvgIpc) is 3.37. The van der Waals surface area contributed by atoms with Crippen molar-refractivity contribution in [3.63, 3.8) is 0 Å². The van der Waals surface area contributed by atoms with Crippen LogP contribution in [0.15, 0.2) is 68.4 Å². The molecule has 47 heavy (non-hydrogen) atoms. The summed E-state index contributed by atoms with van der Waals surface area (Å²) < 4.78 is 40.7. The Morgan fingerprint density at radius 3 is 2.36 bits per heavy atom. The van der Waals surface area contributed by atoms with Gasteiger partial charge in [-0.3, -0.25) is 9.69 Å². The van der Waals surface area contributed by atoms with E-state index in [9.17, 15) is 19.5 Å². The molecule has 0 radical (unpaired) electrons. The largest absolute Gasteiger partial charge is 0.519 e. The lowest BCUT2D eigenvalue weighted by Gasteiger charge is -2.31. The van der Waals surface area contributed by atoms with Crippen molar-refractivity contribution < 1.29 is 42.1 Å². The first kappa shape index (κ1) is 35.1. The third kappa shape index (κ3) is 8.52. The van der Waals surface area contributed by atoms with Crippen molar-refractivity contribution in [2.24, 2.45) is 5.92 Å². The number of halogens is 1. The number of carbonyl (C=O) groups excluding carboxylic acids is 2. The Bertz CT molecular complexity index is 1770. The average molecular weight is 651 g/mol. The number of nitrogens with zero attached hydrogens (tertiary/aromatic N) is 2. The number of pyridine rings is 1. The molecule has 2 aromatic heterocycles. The standard InChI is InChI=1S/C35H39FN2O9/c1-19(2)38(20(3)4)17-25-13-24(11-12-27(25)28-15-31(43-7)37-16-29(28)36)34(41)46-26-10-8-9-23(14-26)32(39)21(5)33(40)44-18-30-22(6)45-35(42)47-30/h8-16,19-21,32,39H,17-18H2,1-7H3/t21-,32+/m0/s1. The summed E-state index contributed by atoms with van der Waals surface area (Å²) in [5.41, 5.74) is 2.13. The maximum atomic E-state index is 15.0. The molecule has 4 rings (SSSR count). The van der Waals surface area contributed by atoms with Gasteiger partial charge in [0.25, 0.3) is 0 Å². The molecule has 12 heteroatoms. The third-order valence-corrected chi connectivity index (χ3v) is 7.79. The van der Waals surface area contributed by atoms with Crippen molar-refractivity contribution in [3.8, 4) is 22.8 Å². The van der Waals surface area contributed by atoms with E-state index in [1.165, 1.54) is 33.1 Å². The summed E-state index contributed by atoms with van der Waals surface area (Å²) in [7, 11) is 1.45. The highest BCUT2D eigenvalue weighted by atomic mass is 19.1. The number of aryl methyl sites for hydroxylation is 1. The Hall–Kier alpha value is -4.81. The normalized spacial score (nSPS) is 12.8. The number of aliphatic hydroxyl groups is 1. The lowest BCUT2D eigenvalue weighted by molar-refractivity contribution is -0.153. The minimum Gasteiger partial charge on any atom is -0.481 e. The number of aliphatic hydroxyl groups excluding tert-OH is 1. The maximum absolute atomic E-state index is 15.0. The van der Waals surface area contributed by atoms with Crippen molar-refractivity contribution >= 4 is 11.9 Å². The van der Waals surface area contributed by atoms with Gasteiger partial charge in [-0.2, -0.15) is 0 Å². The van der Waals surface area contributed by atoms with Crippen LogP contribution in [-0.4, -0.2) is 46.1 Å². The molecule has 0 saturated heterocycles. The van der Waals surface area contributed by atoms with Gasteiger partial charge in [0.15, 0.2) is 18.1 Å². The van der Waals surface area contributed by atoms with E-state index in [2.05, 4.69) is 37.6 Å². The summed E-state index contributed by atoms with van der Waals surface area (Å²) >= 11 is 0. The zero-order chi connectivity index (χ0) is 34.4. The fourth-order valence-electron chi connectivity index (χ4n) is 5.13. The Balaban J connectivity index is 1.55. The van der Waals surface area contributed by atoms with Gasteiger partial charge in [-0.15, -0.1) is 0 Å². The number of hydrogen-bond acceptors (Lipinski definition) is 11. The molecule has 0 bridgehead atoms. The van der Waals surface area contributed by atoms with Crippen LogP contribution in [0.4, 0.5) is 4.39 Å². The Morgan fingerprint density at radius 2 is 1.72 bits per heavy atom. The highest BCUT2D eigenvalue weighted by Crippen LogP contribution is 2.32. The molecular formula is C35H39FN2O9. The molecule has 4 aromatic rings. The lowest BCUT2D eigenvalue weighted by atomic mass is 9.96. The smallest absolute Gasteiger partial charge is 0.481 e. The van der Waals surface area contributed by atoms with E-state index < -0.39 is 35.6 Å². The van der Waals surface area contributed by atoms with Gasteiger partial charge < -0.3 is 28.2 Å². The topological polar surface area (TPSA) is 142 Å². The van der Waals surface area contributed by atoms with E-state index in [1.54, 1.807) is 36.4 Å². The number of carbonyl (C=O) groups is 2. The van der Waals surface area contributed by atoms with Gasteiger partial charge >= 0.3 is 17.8 Å². The zero-order valence-corrected chi connectivity index (χ0v) is 27.4. The summed E-state index contributed by atoms with van der Waals surface area (Å²) in [5.74, 6) is -3.19. The van der Waals surface area contributed by atoms with Crippen LogP contribution < -0.4 is 15.3 Å². The van der Waals surface area contributed by atoms with Crippen molar-refractivity contribution in [1.29, 1.82) is 0 Å². The van der Waals surface area contributed by atoms with E-state index in [0.717, 1.165) is 6.20 Å². The number of benzene rings is 2. The van der Waals surface area contributed by atoms with Crippen LogP contribution in [0.25, 0.3) is 11.1 Å². The van der Waals surface area contributed by atoms with Crippen molar-refractivity contribution in [2.45, 2.75) is 72.9 Å². The van der Waals surface area contributed by atoms with Crippen LogP contribution in [0.2, 0.25) is 0 Å². The minimum atomic E-state index is -1.30. The fraction of sp³-hybridized carbons (Fsp3) is 0.371. The van der Waals surface area contributed by atoms with Gasteiger partial charge in [0.2, 0.25) is 5.88 Å². The third-order valence-electron chi connectivity index (χ3n) is 7.79. The SMILES string of the molecule is COc1cc(-c2ccc(C(=O)Oc3cccc([C@H](O)[C@H](C)C(=O)OCc4oc(=O)oc4C)c3)cc2CN(C(C)C)C(C)C)c(F)cn1. The van der Waals surface area contributed by atoms with Gasteiger partial charge in [0.05, 0.1) is 30.9 Å². The minimum absolute atomic E-state index is 0.0712. The highest BCUT2D eigenvalue weighted by Gasteiger charge is 2.27. The van der Waals surface area contributed by atoms with Crippen LogP contribution >= 0.6 is 0 Å². The molecule has 0 amide bonds. The molecule has 2 atom stereocenters. The molecular weight excluding hydrogens is 611 g/mol. The molecule has 0 aliphatic carbocycles. The number of aromatic nitrogens is 1. The summed E-state index contributed by atoms with van der Waals surface area (Å²) in [6, 6.07) is 12.9. The number of ether oxygens (including phenoxy) is 3. The van der Waals surface area contributed by atoms with E-state index in [0.29, 0.717) is 23.2 Å². The predicted molar refractivity (Wildman–Crippen MR) is 169 cm³/mol. The van der Waals surface area contributed by atoms with E-state index in [1.807, 2.05) is 0 Å². The second-order valence-corrected chi connectivity index (χ2v) is 11.7. The van der Waals surface area contributed by atoms with Crippen LogP contribution in [0.5, 0.6) is 11.6 Å². The molecule has 1 N–H and O–H groups in total. The molecule has 2 aromatic carbocycles. The second-order valence-electron chi connectivity index (χ2n) is 11.7. The predicted octanol–water partition coefficient (Wildman–Crippen LogP) is 6.00. The Morgan fingerprint density at radius 1 is 1.00 bits per heavy atom. The fourth-order valence-corrected chi connectivity index (χ4v) is 5.13. The summed E-state index contributed by atoms with van der Waals surface area (Å²) in [4.78, 5) is 43.4. The van der Waals surface area contributed by atoms with E-state index >= 15 is 4.39 Å². The molecule has 0 fully saturated rings. The van der Waals surface area contributed by atoms with E-state index in [-0.39, 0.29) is 53.0 Å². The quantitative estimate of drug-likeness (QED) is 0.134. The van der Waals surface area contributed by atoms with Crippen LogP contribution in [0.1, 0.15) is 73.7 Å². The summed E-state index contributed by atoms with van der Waals surface area (Å²) in [6.07, 6.45) is -0.195. The number of methoxy groups -OCH3 is 1. The monoisotopic (exact) mass is 650 g/mol. The Kier molecular flexibility index (Phi) is 11.3. The van der Waals surface area contributed by atoms with Gasteiger partial charge in [0, 0.05) is 30.3 Å². The summed E-state index contributed by atoms with van der Waals surface area (Å²) in [5, 5.41) is 10.9. The molecule has 0 saturated carbocycles. The molecule has 11 nitrogen and oxygen atoms in total. The molecule has 2 heterocycles. The number of rotatable bonds is 13. The van der Waals surface area contributed by atoms with Gasteiger partial charge in [-0.1, -0.05) is 18.2 Å². The van der Waals surface area contributed by atoms with Crippen molar-refractivity contribution in [1.82, 2.24) is 9.88 Å². The van der Waals surface area contributed by atoms with Crippen LogP contribution in [0.3, 0.4) is 0 Å². The van der Waals surface area contributed by atoms with E-state index in [4.69, 9.17) is 23.0 Å². The van der Waals surface area contributed by atoms with Gasteiger partial charge in [-0.25, -0.2) is 19.0 Å². The van der Waals surface area contributed by atoms with Gasteiger partial charge in [0.1, 0.15) is 11.6 Å². The molecule has 0 spiro atoms. The molecule has 0 aliphatic rings. The number of hydrogen-bond donors (Lipinski definition) is 1. The Labute approximate surface area is 271 Å². The molecule has 0 unspecified atom stereocenters. The number of esters is 2. The molecule has 250 valence electrons. The highest BCUT2D eigenvalue weighted by molar-refractivity contribution is 5.92. The van der Waals surface area contributed by atoms with Crippen molar-refractivity contribution in [2.75, 3.05) is 7.11 Å².